The molecule has 21 heavy (non-hydrogen) atoms. The van der Waals surface area contributed by atoms with E-state index in [2.05, 4.69) is 40.4 Å². The summed E-state index contributed by atoms with van der Waals surface area (Å²) < 4.78 is 7.25. The highest BCUT2D eigenvalue weighted by Gasteiger charge is 2.08. The lowest BCUT2D eigenvalue weighted by Crippen LogP contribution is -2.03. The molecule has 2 heterocycles. The molecule has 2 aromatic heterocycles. The molecule has 5 heteroatoms. The smallest absolute Gasteiger partial charge is 0.257 e. The van der Waals surface area contributed by atoms with E-state index in [1.807, 2.05) is 30.7 Å². The molecule has 3 rings (SSSR count). The second-order valence-electron chi connectivity index (χ2n) is 5.15. The van der Waals surface area contributed by atoms with Gasteiger partial charge < -0.3 is 4.52 Å². The number of nitrogens with zero attached hydrogens (tertiary/aromatic N) is 4. The molecule has 0 bridgehead atoms. The second-order valence-corrected chi connectivity index (χ2v) is 5.15. The van der Waals surface area contributed by atoms with Gasteiger partial charge in [-0.2, -0.15) is 10.1 Å². The highest BCUT2D eigenvalue weighted by atomic mass is 16.5. The van der Waals surface area contributed by atoms with E-state index in [1.165, 1.54) is 11.3 Å². The molecule has 3 aromatic rings. The van der Waals surface area contributed by atoms with Gasteiger partial charge in [-0.1, -0.05) is 24.2 Å². The molecule has 0 aliphatic carbocycles. The lowest BCUT2D eigenvalue weighted by atomic mass is 10.1. The molecule has 0 aliphatic rings. The fourth-order valence-electron chi connectivity index (χ4n) is 2.28. The van der Waals surface area contributed by atoms with Crippen LogP contribution in [0.15, 0.2) is 34.9 Å². The molecular weight excluding hydrogens is 264 g/mol. The first-order chi connectivity index (χ1) is 10.2. The minimum atomic E-state index is 0.574. The Bertz CT molecular complexity index is 740. The van der Waals surface area contributed by atoms with E-state index >= 15 is 0 Å². The molecule has 0 saturated heterocycles. The molecule has 0 spiro atoms. The van der Waals surface area contributed by atoms with Gasteiger partial charge in [0.15, 0.2) is 5.82 Å². The summed E-state index contributed by atoms with van der Waals surface area (Å²) >= 11 is 0. The third kappa shape index (κ3) is 2.86. The maximum Gasteiger partial charge on any atom is 0.257 e. The lowest BCUT2D eigenvalue weighted by molar-refractivity contribution is 0.423. The third-order valence-electron chi connectivity index (χ3n) is 3.42. The summed E-state index contributed by atoms with van der Waals surface area (Å²) in [5, 5.41) is 8.39. The maximum atomic E-state index is 5.24. The summed E-state index contributed by atoms with van der Waals surface area (Å²) in [6, 6.07) is 10.2. The standard InChI is InChI=1S/C16H18N4O/c1-4-15-17-16(21-19-15)14-7-5-13(6-8-14)10-20-12(3)9-11(2)18-20/h5-9H,4,10H2,1-3H3. The number of rotatable bonds is 4. The van der Waals surface area contributed by atoms with Crippen LogP contribution in [0, 0.1) is 13.8 Å². The normalized spacial score (nSPS) is 11.0. The molecule has 5 nitrogen and oxygen atoms in total. The average Bonchev–Trinajstić information content (AvgIpc) is 3.07. The highest BCUT2D eigenvalue weighted by Crippen LogP contribution is 2.18. The Balaban J connectivity index is 1.79. The van der Waals surface area contributed by atoms with Crippen LogP contribution in [-0.2, 0) is 13.0 Å². The van der Waals surface area contributed by atoms with Crippen molar-refractivity contribution in [1.82, 2.24) is 19.9 Å². The van der Waals surface area contributed by atoms with Gasteiger partial charge in [0.2, 0.25) is 0 Å². The Kier molecular flexibility index (Phi) is 3.56. The number of aryl methyl sites for hydroxylation is 3. The molecule has 1 aromatic carbocycles. The van der Waals surface area contributed by atoms with Gasteiger partial charge in [-0.15, -0.1) is 0 Å². The molecule has 0 amide bonds. The van der Waals surface area contributed by atoms with Crippen molar-refractivity contribution in [3.63, 3.8) is 0 Å². The summed E-state index contributed by atoms with van der Waals surface area (Å²) in [6.07, 6.45) is 0.777. The topological polar surface area (TPSA) is 56.7 Å². The molecule has 0 saturated carbocycles. The van der Waals surface area contributed by atoms with Crippen molar-refractivity contribution in [2.45, 2.75) is 33.7 Å². The van der Waals surface area contributed by atoms with Crippen LogP contribution in [0.1, 0.15) is 29.7 Å². The molecule has 0 N–H and O–H groups in total. The zero-order chi connectivity index (χ0) is 14.8. The molecule has 108 valence electrons. The molecule has 0 unspecified atom stereocenters. The molecule has 0 fully saturated rings. The van der Waals surface area contributed by atoms with Gasteiger partial charge in [0.1, 0.15) is 0 Å². The van der Waals surface area contributed by atoms with Crippen LogP contribution in [0.4, 0.5) is 0 Å². The predicted octanol–water partition coefficient (Wildman–Crippen LogP) is 3.16. The van der Waals surface area contributed by atoms with Gasteiger partial charge in [-0.05, 0) is 37.6 Å². The fraction of sp³-hybridized carbons (Fsp3) is 0.312. The average molecular weight is 282 g/mol. The zero-order valence-electron chi connectivity index (χ0n) is 12.5. The monoisotopic (exact) mass is 282 g/mol. The van der Waals surface area contributed by atoms with Crippen LogP contribution >= 0.6 is 0 Å². The Morgan fingerprint density at radius 1 is 1.14 bits per heavy atom. The van der Waals surface area contributed by atoms with Crippen LogP contribution in [-0.4, -0.2) is 19.9 Å². The summed E-state index contributed by atoms with van der Waals surface area (Å²) in [5.74, 6) is 1.31. The number of benzene rings is 1. The Labute approximate surface area is 123 Å². The van der Waals surface area contributed by atoms with Crippen molar-refractivity contribution in [2.75, 3.05) is 0 Å². The largest absolute Gasteiger partial charge is 0.334 e. The number of aromatic nitrogens is 4. The Morgan fingerprint density at radius 3 is 2.48 bits per heavy atom. The fourth-order valence-corrected chi connectivity index (χ4v) is 2.28. The molecule has 0 aliphatic heterocycles. The van der Waals surface area contributed by atoms with Crippen molar-refractivity contribution < 1.29 is 4.52 Å². The van der Waals surface area contributed by atoms with Crippen LogP contribution in [0.3, 0.4) is 0 Å². The van der Waals surface area contributed by atoms with E-state index in [9.17, 15) is 0 Å². The van der Waals surface area contributed by atoms with Crippen molar-refractivity contribution in [3.8, 4) is 11.5 Å². The van der Waals surface area contributed by atoms with Crippen LogP contribution in [0.25, 0.3) is 11.5 Å². The highest BCUT2D eigenvalue weighted by molar-refractivity contribution is 5.53. The van der Waals surface area contributed by atoms with E-state index in [1.54, 1.807) is 0 Å². The molecular formula is C16H18N4O. The Morgan fingerprint density at radius 2 is 1.90 bits per heavy atom. The van der Waals surface area contributed by atoms with Crippen LogP contribution in [0.2, 0.25) is 0 Å². The summed E-state index contributed by atoms with van der Waals surface area (Å²) in [4.78, 5) is 4.33. The van der Waals surface area contributed by atoms with Crippen molar-refractivity contribution in [1.29, 1.82) is 0 Å². The van der Waals surface area contributed by atoms with Crippen LogP contribution in [0.5, 0.6) is 0 Å². The quantitative estimate of drug-likeness (QED) is 0.737. The second kappa shape index (κ2) is 5.52. The van der Waals surface area contributed by atoms with E-state index in [0.717, 1.165) is 30.0 Å². The lowest BCUT2D eigenvalue weighted by Gasteiger charge is -2.05. The Hall–Kier alpha value is -2.43. The first-order valence-electron chi connectivity index (χ1n) is 7.08. The van der Waals surface area contributed by atoms with Crippen molar-refractivity contribution in [2.24, 2.45) is 0 Å². The minimum absolute atomic E-state index is 0.574. The van der Waals surface area contributed by atoms with E-state index in [4.69, 9.17) is 4.52 Å². The molecule has 0 radical (unpaired) electrons. The van der Waals surface area contributed by atoms with Gasteiger partial charge in [0.25, 0.3) is 5.89 Å². The number of hydrogen-bond donors (Lipinski definition) is 0. The SMILES string of the molecule is CCc1noc(-c2ccc(Cn3nc(C)cc3C)cc2)n1. The number of hydrogen-bond acceptors (Lipinski definition) is 4. The summed E-state index contributed by atoms with van der Waals surface area (Å²) in [5.41, 5.74) is 4.35. The van der Waals surface area contributed by atoms with Crippen molar-refractivity contribution in [3.05, 3.63) is 53.1 Å². The third-order valence-corrected chi connectivity index (χ3v) is 3.42. The van der Waals surface area contributed by atoms with E-state index in [0.29, 0.717) is 5.89 Å². The first kappa shape index (κ1) is 13.5. The van der Waals surface area contributed by atoms with Crippen LogP contribution < -0.4 is 0 Å². The van der Waals surface area contributed by atoms with E-state index in [-0.39, 0.29) is 0 Å². The summed E-state index contributed by atoms with van der Waals surface area (Å²) in [6.45, 7) is 6.85. The summed E-state index contributed by atoms with van der Waals surface area (Å²) in [7, 11) is 0. The first-order valence-corrected chi connectivity index (χ1v) is 7.08. The van der Waals surface area contributed by atoms with E-state index < -0.39 is 0 Å². The van der Waals surface area contributed by atoms with Gasteiger partial charge >= 0.3 is 0 Å². The minimum Gasteiger partial charge on any atom is -0.334 e. The van der Waals surface area contributed by atoms with Gasteiger partial charge in [0.05, 0.1) is 12.2 Å². The molecule has 0 atom stereocenters. The predicted molar refractivity (Wildman–Crippen MR) is 79.9 cm³/mol. The van der Waals surface area contributed by atoms with Crippen molar-refractivity contribution >= 4 is 0 Å². The van der Waals surface area contributed by atoms with Gasteiger partial charge in [0, 0.05) is 17.7 Å². The van der Waals surface area contributed by atoms with Gasteiger partial charge in [-0.25, -0.2) is 0 Å². The van der Waals surface area contributed by atoms with Gasteiger partial charge in [-0.3, -0.25) is 4.68 Å². The zero-order valence-corrected chi connectivity index (χ0v) is 12.5. The maximum absolute atomic E-state index is 5.24.